The van der Waals surface area contributed by atoms with E-state index in [1.54, 1.807) is 16.1 Å². The third-order valence-corrected chi connectivity index (χ3v) is 9.15. The Morgan fingerprint density at radius 2 is 1.82 bits per heavy atom. The zero-order valence-corrected chi connectivity index (χ0v) is 19.5. The number of aromatic nitrogens is 1. The van der Waals surface area contributed by atoms with Crippen LogP contribution in [0, 0.1) is 12.8 Å². The molecule has 6 rings (SSSR count). The molecule has 7 heteroatoms. The fourth-order valence-electron chi connectivity index (χ4n) is 5.74. The lowest BCUT2D eigenvalue weighted by atomic mass is 9.81. The Morgan fingerprint density at radius 1 is 1.09 bits per heavy atom. The summed E-state index contributed by atoms with van der Waals surface area (Å²) in [5, 5.41) is 0.886. The van der Waals surface area contributed by atoms with Crippen LogP contribution in [0.1, 0.15) is 35.7 Å². The zero-order valence-electron chi connectivity index (χ0n) is 18.7. The SMILES string of the molecule is COC(=O)[C@]12C=CCN1[C@H](C1CC1)c1c(c3ccccc3n1S(=O)(=O)c1ccc(C)cc1)C2. The fourth-order valence-corrected chi connectivity index (χ4v) is 7.32. The van der Waals surface area contributed by atoms with Crippen molar-refractivity contribution in [2.75, 3.05) is 13.7 Å². The van der Waals surface area contributed by atoms with Crippen LogP contribution in [-0.2, 0) is 26.0 Å². The van der Waals surface area contributed by atoms with E-state index in [-0.39, 0.29) is 16.9 Å². The van der Waals surface area contributed by atoms with Gasteiger partial charge in [-0.3, -0.25) is 4.90 Å². The molecule has 3 aliphatic rings. The van der Waals surface area contributed by atoms with Crippen LogP contribution in [0.2, 0.25) is 0 Å². The van der Waals surface area contributed by atoms with Gasteiger partial charge < -0.3 is 4.74 Å². The third kappa shape index (κ3) is 2.82. The molecule has 1 aliphatic carbocycles. The van der Waals surface area contributed by atoms with Crippen LogP contribution < -0.4 is 0 Å². The van der Waals surface area contributed by atoms with Crippen molar-refractivity contribution in [1.82, 2.24) is 8.87 Å². The van der Waals surface area contributed by atoms with Gasteiger partial charge in [0.05, 0.1) is 29.3 Å². The Bertz CT molecular complexity index is 1420. The minimum absolute atomic E-state index is 0.171. The highest BCUT2D eigenvalue weighted by Gasteiger charge is 2.57. The number of hydrogen-bond donors (Lipinski definition) is 0. The summed E-state index contributed by atoms with van der Waals surface area (Å²) >= 11 is 0. The van der Waals surface area contributed by atoms with Crippen molar-refractivity contribution in [3.05, 3.63) is 77.5 Å². The molecule has 2 aromatic carbocycles. The van der Waals surface area contributed by atoms with Gasteiger partial charge >= 0.3 is 5.97 Å². The van der Waals surface area contributed by atoms with Crippen LogP contribution in [0.4, 0.5) is 0 Å². The van der Waals surface area contributed by atoms with Gasteiger partial charge in [0.15, 0.2) is 0 Å². The number of hydrogen-bond acceptors (Lipinski definition) is 5. The lowest BCUT2D eigenvalue weighted by Crippen LogP contribution is -2.57. The van der Waals surface area contributed by atoms with Crippen molar-refractivity contribution in [3.8, 4) is 0 Å². The first kappa shape index (κ1) is 20.7. The average molecular weight is 463 g/mol. The summed E-state index contributed by atoms with van der Waals surface area (Å²) in [6, 6.07) is 14.5. The number of rotatable bonds is 4. The second-order valence-corrected chi connectivity index (χ2v) is 11.2. The molecule has 6 nitrogen and oxygen atoms in total. The number of methoxy groups -OCH3 is 1. The van der Waals surface area contributed by atoms with Gasteiger partial charge in [-0.25, -0.2) is 17.2 Å². The van der Waals surface area contributed by atoms with Crippen LogP contribution in [0.5, 0.6) is 0 Å². The van der Waals surface area contributed by atoms with E-state index < -0.39 is 15.6 Å². The molecule has 0 saturated heterocycles. The number of carbonyl (C=O) groups is 1. The molecular formula is C26H26N2O4S. The first-order chi connectivity index (χ1) is 15.9. The number of fused-ring (bicyclic) bond motifs is 4. The Hall–Kier alpha value is -2.90. The normalized spacial score (nSPS) is 24.6. The monoisotopic (exact) mass is 462 g/mol. The van der Waals surface area contributed by atoms with Gasteiger partial charge in [0.2, 0.25) is 0 Å². The van der Waals surface area contributed by atoms with Crippen molar-refractivity contribution in [2.45, 2.75) is 42.7 Å². The minimum Gasteiger partial charge on any atom is -0.467 e. The Labute approximate surface area is 193 Å². The first-order valence-electron chi connectivity index (χ1n) is 11.4. The van der Waals surface area contributed by atoms with Gasteiger partial charge in [0.25, 0.3) is 10.0 Å². The fraction of sp³-hybridized carbons (Fsp3) is 0.346. The maximum Gasteiger partial charge on any atom is 0.330 e. The molecule has 0 amide bonds. The summed E-state index contributed by atoms with van der Waals surface area (Å²) in [7, 11) is -2.42. The van der Waals surface area contributed by atoms with Gasteiger partial charge in [-0.1, -0.05) is 48.0 Å². The summed E-state index contributed by atoms with van der Waals surface area (Å²) < 4.78 is 35.0. The molecule has 0 spiro atoms. The molecule has 0 N–H and O–H groups in total. The van der Waals surface area contributed by atoms with E-state index >= 15 is 0 Å². The van der Waals surface area contributed by atoms with Gasteiger partial charge in [-0.2, -0.15) is 0 Å². The number of esters is 1. The summed E-state index contributed by atoms with van der Waals surface area (Å²) in [6.45, 7) is 2.54. The van der Waals surface area contributed by atoms with E-state index in [1.807, 2.05) is 55.5 Å². The lowest BCUT2D eigenvalue weighted by molar-refractivity contribution is -0.153. The maximum atomic E-state index is 14.1. The van der Waals surface area contributed by atoms with Crippen molar-refractivity contribution in [3.63, 3.8) is 0 Å². The number of nitrogens with zero attached hydrogens (tertiary/aromatic N) is 2. The lowest BCUT2D eigenvalue weighted by Gasteiger charge is -2.45. The summed E-state index contributed by atoms with van der Waals surface area (Å²) in [6.07, 6.45) is 6.40. The van der Waals surface area contributed by atoms with Gasteiger partial charge in [-0.05, 0) is 49.4 Å². The highest BCUT2D eigenvalue weighted by Crippen LogP contribution is 2.55. The molecule has 2 aliphatic heterocycles. The van der Waals surface area contributed by atoms with Crippen LogP contribution >= 0.6 is 0 Å². The minimum atomic E-state index is -3.84. The number of para-hydroxylation sites is 1. The van der Waals surface area contributed by atoms with E-state index in [4.69, 9.17) is 4.74 Å². The van der Waals surface area contributed by atoms with Crippen molar-refractivity contribution < 1.29 is 17.9 Å². The van der Waals surface area contributed by atoms with E-state index in [0.717, 1.165) is 35.0 Å². The molecule has 1 aromatic heterocycles. The largest absolute Gasteiger partial charge is 0.467 e. The third-order valence-electron chi connectivity index (χ3n) is 7.41. The highest BCUT2D eigenvalue weighted by molar-refractivity contribution is 7.90. The number of carbonyl (C=O) groups excluding carboxylic acids is 1. The van der Waals surface area contributed by atoms with Gasteiger partial charge in [0.1, 0.15) is 5.54 Å². The van der Waals surface area contributed by atoms with Crippen LogP contribution in [0.3, 0.4) is 0 Å². The van der Waals surface area contributed by atoms with Crippen molar-refractivity contribution in [1.29, 1.82) is 0 Å². The summed E-state index contributed by atoms with van der Waals surface area (Å²) in [5.74, 6) is 0.0232. The summed E-state index contributed by atoms with van der Waals surface area (Å²) in [5.41, 5.74) is 2.53. The average Bonchev–Trinajstić information content (AvgIpc) is 3.47. The molecule has 0 radical (unpaired) electrons. The predicted molar refractivity (Wildman–Crippen MR) is 125 cm³/mol. The second kappa shape index (κ2) is 7.05. The number of aryl methyl sites for hydroxylation is 1. The molecule has 1 fully saturated rings. The molecule has 2 atom stereocenters. The Balaban J connectivity index is 1.67. The van der Waals surface area contributed by atoms with Crippen LogP contribution in [-0.4, -0.2) is 42.5 Å². The van der Waals surface area contributed by atoms with Crippen LogP contribution in [0.15, 0.2) is 65.6 Å². The second-order valence-electron chi connectivity index (χ2n) is 9.39. The molecule has 170 valence electrons. The van der Waals surface area contributed by atoms with E-state index in [2.05, 4.69) is 4.90 Å². The standard InChI is InChI=1S/C26H26N2O4S/c1-17-8-12-19(13-9-17)33(30,31)28-22-7-4-3-6-20(22)21-16-26(25(29)32-2)14-5-15-27(26)23(24(21)28)18-10-11-18/h3-9,12-14,18,23H,10-11,15-16H2,1-2H3/t23-,26-/m1/s1. The topological polar surface area (TPSA) is 68.6 Å². The van der Waals surface area contributed by atoms with Crippen LogP contribution in [0.25, 0.3) is 10.9 Å². The van der Waals surface area contributed by atoms with E-state index in [0.29, 0.717) is 24.4 Å². The van der Waals surface area contributed by atoms with Crippen molar-refractivity contribution >= 4 is 26.9 Å². The predicted octanol–water partition coefficient (Wildman–Crippen LogP) is 3.98. The molecule has 3 heterocycles. The highest BCUT2D eigenvalue weighted by atomic mass is 32.2. The van der Waals surface area contributed by atoms with Gasteiger partial charge in [0, 0.05) is 18.4 Å². The Kier molecular flexibility index (Phi) is 4.42. The smallest absolute Gasteiger partial charge is 0.330 e. The molecule has 0 bridgehead atoms. The number of benzene rings is 2. The quantitative estimate of drug-likeness (QED) is 0.433. The summed E-state index contributed by atoms with van der Waals surface area (Å²) in [4.78, 5) is 15.6. The molecular weight excluding hydrogens is 436 g/mol. The molecule has 1 saturated carbocycles. The first-order valence-corrected chi connectivity index (χ1v) is 12.8. The van der Waals surface area contributed by atoms with E-state index in [9.17, 15) is 13.2 Å². The Morgan fingerprint density at radius 3 is 2.52 bits per heavy atom. The van der Waals surface area contributed by atoms with E-state index in [1.165, 1.54) is 7.11 Å². The van der Waals surface area contributed by atoms with Crippen molar-refractivity contribution in [2.24, 2.45) is 5.92 Å². The molecule has 3 aromatic rings. The van der Waals surface area contributed by atoms with Gasteiger partial charge in [-0.15, -0.1) is 0 Å². The zero-order chi connectivity index (χ0) is 23.0. The number of ether oxygens (including phenoxy) is 1. The molecule has 0 unspecified atom stereocenters. The molecule has 33 heavy (non-hydrogen) atoms. The maximum absolute atomic E-state index is 14.1.